The molecule has 3 rings (SSSR count). The molecule has 1 fully saturated rings. The number of ether oxygens (including phenoxy) is 1. The molecule has 1 heterocycles. The van der Waals surface area contributed by atoms with Gasteiger partial charge < -0.3 is 14.6 Å². The molecule has 0 radical (unpaired) electrons. The molecule has 0 spiro atoms. The molecule has 0 unspecified atom stereocenters. The van der Waals surface area contributed by atoms with E-state index < -0.39 is 0 Å². The van der Waals surface area contributed by atoms with Gasteiger partial charge >= 0.3 is 0 Å². The van der Waals surface area contributed by atoms with Crippen LogP contribution in [0, 0.1) is 0 Å². The van der Waals surface area contributed by atoms with Gasteiger partial charge in [0.15, 0.2) is 0 Å². The molecule has 1 aromatic carbocycles. The molecule has 0 saturated heterocycles. The van der Waals surface area contributed by atoms with Crippen molar-refractivity contribution in [1.82, 2.24) is 9.88 Å². The molecule has 22 heavy (non-hydrogen) atoms. The largest absolute Gasteiger partial charge is 0.493 e. The summed E-state index contributed by atoms with van der Waals surface area (Å²) in [4.78, 5) is 12.8. The van der Waals surface area contributed by atoms with Gasteiger partial charge in [0.2, 0.25) is 0 Å². The molecule has 1 saturated carbocycles. The number of hydrogen-bond donors (Lipinski definition) is 1. The average Bonchev–Trinajstić information content (AvgIpc) is 3.35. The van der Waals surface area contributed by atoms with E-state index in [0.29, 0.717) is 19.2 Å². The second-order valence-electron chi connectivity index (χ2n) is 5.61. The SMILES string of the molecule is CCOc1ccccc1-c1ccc(CNC)c(=O)n1C1CC1. The Morgan fingerprint density at radius 3 is 2.68 bits per heavy atom. The first-order valence-corrected chi connectivity index (χ1v) is 7.87. The van der Waals surface area contributed by atoms with Crippen molar-refractivity contribution >= 4 is 0 Å². The number of hydrogen-bond acceptors (Lipinski definition) is 3. The Morgan fingerprint density at radius 2 is 2.00 bits per heavy atom. The van der Waals surface area contributed by atoms with Gasteiger partial charge in [0.1, 0.15) is 5.75 Å². The normalized spacial score (nSPS) is 14.1. The molecular weight excluding hydrogens is 276 g/mol. The maximum absolute atomic E-state index is 12.8. The molecule has 0 aliphatic heterocycles. The Morgan fingerprint density at radius 1 is 1.23 bits per heavy atom. The van der Waals surface area contributed by atoms with Crippen LogP contribution in [0.25, 0.3) is 11.3 Å². The van der Waals surface area contributed by atoms with Crippen LogP contribution in [0.5, 0.6) is 5.75 Å². The molecule has 0 atom stereocenters. The Balaban J connectivity index is 2.15. The van der Waals surface area contributed by atoms with Crippen LogP contribution in [0.1, 0.15) is 31.4 Å². The smallest absolute Gasteiger partial charge is 0.255 e. The molecule has 1 aromatic heterocycles. The number of rotatable bonds is 6. The first-order chi connectivity index (χ1) is 10.8. The third kappa shape index (κ3) is 2.79. The minimum Gasteiger partial charge on any atom is -0.493 e. The predicted octanol–water partition coefficient (Wildman–Crippen LogP) is 2.97. The van der Waals surface area contributed by atoms with Gasteiger partial charge in [0.05, 0.1) is 12.3 Å². The fraction of sp³-hybridized carbons (Fsp3) is 0.389. The van der Waals surface area contributed by atoms with Crippen molar-refractivity contribution < 1.29 is 4.74 Å². The van der Waals surface area contributed by atoms with Crippen LogP contribution < -0.4 is 15.6 Å². The van der Waals surface area contributed by atoms with Gasteiger partial charge in [-0.05, 0) is 45.0 Å². The Labute approximate surface area is 130 Å². The first-order valence-electron chi connectivity index (χ1n) is 7.87. The number of aromatic nitrogens is 1. The molecule has 4 heteroatoms. The molecule has 4 nitrogen and oxygen atoms in total. The van der Waals surface area contributed by atoms with Gasteiger partial charge in [-0.25, -0.2) is 0 Å². The highest BCUT2D eigenvalue weighted by Crippen LogP contribution is 2.39. The highest BCUT2D eigenvalue weighted by Gasteiger charge is 2.28. The van der Waals surface area contributed by atoms with Crippen molar-refractivity contribution in [3.8, 4) is 17.0 Å². The van der Waals surface area contributed by atoms with Crippen molar-refractivity contribution in [2.24, 2.45) is 0 Å². The van der Waals surface area contributed by atoms with E-state index in [1.165, 1.54) is 0 Å². The van der Waals surface area contributed by atoms with Crippen LogP contribution in [0.15, 0.2) is 41.2 Å². The van der Waals surface area contributed by atoms with E-state index in [0.717, 1.165) is 35.4 Å². The van der Waals surface area contributed by atoms with E-state index in [2.05, 4.69) is 5.32 Å². The lowest BCUT2D eigenvalue weighted by molar-refractivity contribution is 0.341. The lowest BCUT2D eigenvalue weighted by Crippen LogP contribution is -2.26. The zero-order chi connectivity index (χ0) is 15.5. The molecule has 0 bridgehead atoms. The Hall–Kier alpha value is -2.07. The number of benzene rings is 1. The van der Waals surface area contributed by atoms with Crippen LogP contribution in [0.4, 0.5) is 0 Å². The van der Waals surface area contributed by atoms with Gasteiger partial charge in [0, 0.05) is 23.7 Å². The highest BCUT2D eigenvalue weighted by atomic mass is 16.5. The minimum absolute atomic E-state index is 0.112. The third-order valence-electron chi connectivity index (χ3n) is 3.94. The quantitative estimate of drug-likeness (QED) is 0.891. The highest BCUT2D eigenvalue weighted by molar-refractivity contribution is 5.68. The van der Waals surface area contributed by atoms with Crippen molar-refractivity contribution in [3.63, 3.8) is 0 Å². The minimum atomic E-state index is 0.112. The molecular formula is C18H22N2O2. The summed E-state index contributed by atoms with van der Waals surface area (Å²) in [7, 11) is 1.86. The Kier molecular flexibility index (Phi) is 4.29. The van der Waals surface area contributed by atoms with Gasteiger partial charge in [0.25, 0.3) is 5.56 Å². The molecule has 1 aliphatic rings. The van der Waals surface area contributed by atoms with E-state index in [-0.39, 0.29) is 5.56 Å². The van der Waals surface area contributed by atoms with E-state index in [4.69, 9.17) is 4.74 Å². The van der Waals surface area contributed by atoms with Crippen LogP contribution >= 0.6 is 0 Å². The van der Waals surface area contributed by atoms with Crippen LogP contribution in [-0.2, 0) is 6.54 Å². The number of para-hydroxylation sites is 1. The third-order valence-corrected chi connectivity index (χ3v) is 3.94. The molecule has 0 amide bonds. The number of nitrogens with one attached hydrogen (secondary N) is 1. The molecule has 1 aliphatic carbocycles. The topological polar surface area (TPSA) is 43.3 Å². The van der Waals surface area contributed by atoms with Gasteiger partial charge in [-0.3, -0.25) is 4.79 Å². The monoisotopic (exact) mass is 298 g/mol. The van der Waals surface area contributed by atoms with Crippen molar-refractivity contribution in [1.29, 1.82) is 0 Å². The fourth-order valence-corrected chi connectivity index (χ4v) is 2.79. The van der Waals surface area contributed by atoms with Crippen molar-refractivity contribution in [3.05, 3.63) is 52.3 Å². The van der Waals surface area contributed by atoms with E-state index in [1.54, 1.807) is 0 Å². The van der Waals surface area contributed by atoms with Gasteiger partial charge in [-0.1, -0.05) is 18.2 Å². The summed E-state index contributed by atoms with van der Waals surface area (Å²) in [5.74, 6) is 0.833. The van der Waals surface area contributed by atoms with E-state index in [1.807, 2.05) is 54.9 Å². The summed E-state index contributed by atoms with van der Waals surface area (Å²) in [6, 6.07) is 12.2. The zero-order valence-corrected chi connectivity index (χ0v) is 13.1. The number of pyridine rings is 1. The van der Waals surface area contributed by atoms with Crippen molar-refractivity contribution in [2.45, 2.75) is 32.4 Å². The van der Waals surface area contributed by atoms with Crippen LogP contribution in [0.3, 0.4) is 0 Å². The summed E-state index contributed by atoms with van der Waals surface area (Å²) in [5.41, 5.74) is 2.87. The predicted molar refractivity (Wildman–Crippen MR) is 88.3 cm³/mol. The molecule has 2 aromatic rings. The standard InChI is InChI=1S/C18H22N2O2/c1-3-22-17-7-5-4-6-15(17)16-11-8-13(12-19-2)18(21)20(16)14-9-10-14/h4-8,11,14,19H,3,9-10,12H2,1-2H3. The first kappa shape index (κ1) is 14.9. The van der Waals surface area contributed by atoms with E-state index in [9.17, 15) is 4.79 Å². The van der Waals surface area contributed by atoms with Crippen LogP contribution in [0.2, 0.25) is 0 Å². The van der Waals surface area contributed by atoms with Crippen LogP contribution in [-0.4, -0.2) is 18.2 Å². The lowest BCUT2D eigenvalue weighted by Gasteiger charge is -2.17. The average molecular weight is 298 g/mol. The number of nitrogens with zero attached hydrogens (tertiary/aromatic N) is 1. The fourth-order valence-electron chi connectivity index (χ4n) is 2.79. The summed E-state index contributed by atoms with van der Waals surface area (Å²) in [5, 5.41) is 3.06. The summed E-state index contributed by atoms with van der Waals surface area (Å²) in [6.45, 7) is 3.18. The summed E-state index contributed by atoms with van der Waals surface area (Å²) in [6.07, 6.45) is 2.15. The summed E-state index contributed by atoms with van der Waals surface area (Å²) < 4.78 is 7.69. The van der Waals surface area contributed by atoms with Gasteiger partial charge in [-0.2, -0.15) is 0 Å². The molecule has 1 N–H and O–H groups in total. The van der Waals surface area contributed by atoms with Crippen molar-refractivity contribution in [2.75, 3.05) is 13.7 Å². The summed E-state index contributed by atoms with van der Waals surface area (Å²) >= 11 is 0. The lowest BCUT2D eigenvalue weighted by atomic mass is 10.1. The second-order valence-corrected chi connectivity index (χ2v) is 5.61. The van der Waals surface area contributed by atoms with Gasteiger partial charge in [-0.15, -0.1) is 0 Å². The van der Waals surface area contributed by atoms with E-state index >= 15 is 0 Å². The maximum atomic E-state index is 12.8. The Bertz CT molecular complexity index is 717. The zero-order valence-electron chi connectivity index (χ0n) is 13.1. The maximum Gasteiger partial charge on any atom is 0.255 e. The second kappa shape index (κ2) is 6.36. The molecule has 116 valence electrons.